The van der Waals surface area contributed by atoms with E-state index in [0.717, 1.165) is 6.42 Å². The van der Waals surface area contributed by atoms with Gasteiger partial charge in [0.1, 0.15) is 5.78 Å². The maximum atomic E-state index is 12.6. The second-order valence-corrected chi connectivity index (χ2v) is 6.71. The minimum Gasteiger partial charge on any atom is -0.369 e. The van der Waals surface area contributed by atoms with Crippen molar-refractivity contribution in [3.8, 4) is 0 Å². The van der Waals surface area contributed by atoms with Gasteiger partial charge in [-0.15, -0.1) is 0 Å². The first-order chi connectivity index (χ1) is 8.77. The van der Waals surface area contributed by atoms with Gasteiger partial charge in [0.2, 0.25) is 5.91 Å². The zero-order valence-corrected chi connectivity index (χ0v) is 12.6. The van der Waals surface area contributed by atoms with Crippen molar-refractivity contribution in [3.05, 3.63) is 12.2 Å². The zero-order valence-electron chi connectivity index (χ0n) is 12.6. The van der Waals surface area contributed by atoms with Crippen LogP contribution < -0.4 is 5.73 Å². The van der Waals surface area contributed by atoms with Crippen molar-refractivity contribution in [2.75, 3.05) is 0 Å². The van der Waals surface area contributed by atoms with Crippen LogP contribution in [0.4, 0.5) is 0 Å². The van der Waals surface area contributed by atoms with Crippen LogP contribution in [0.2, 0.25) is 0 Å². The maximum absolute atomic E-state index is 12.6. The molecule has 2 atom stereocenters. The van der Waals surface area contributed by atoms with Gasteiger partial charge in [0.25, 0.3) is 0 Å². The van der Waals surface area contributed by atoms with Crippen molar-refractivity contribution in [3.63, 3.8) is 0 Å². The van der Waals surface area contributed by atoms with Gasteiger partial charge in [-0.25, -0.2) is 0 Å². The number of primary amides is 1. The quantitative estimate of drug-likeness (QED) is 0.719. The molecule has 0 unspecified atom stereocenters. The van der Waals surface area contributed by atoms with E-state index in [1.165, 1.54) is 12.8 Å². The molecule has 0 heterocycles. The molecule has 1 rings (SSSR count). The van der Waals surface area contributed by atoms with Crippen LogP contribution in [0.25, 0.3) is 0 Å². The van der Waals surface area contributed by atoms with Crippen molar-refractivity contribution < 1.29 is 9.59 Å². The number of hydrogen-bond donors (Lipinski definition) is 1. The molecule has 19 heavy (non-hydrogen) atoms. The Labute approximate surface area is 116 Å². The lowest BCUT2D eigenvalue weighted by Crippen LogP contribution is -2.39. The average molecular weight is 265 g/mol. The minimum atomic E-state index is -0.414. The van der Waals surface area contributed by atoms with Crippen molar-refractivity contribution in [2.24, 2.45) is 28.9 Å². The molecule has 0 radical (unpaired) electrons. The highest BCUT2D eigenvalue weighted by molar-refractivity contribution is 5.91. The molecule has 108 valence electrons. The Morgan fingerprint density at radius 2 is 1.84 bits per heavy atom. The topological polar surface area (TPSA) is 60.2 Å². The first kappa shape index (κ1) is 15.9. The molecule has 0 saturated heterocycles. The molecular weight excluding hydrogens is 238 g/mol. The van der Waals surface area contributed by atoms with Gasteiger partial charge in [-0.2, -0.15) is 0 Å². The molecule has 0 aromatic rings. The monoisotopic (exact) mass is 265 g/mol. The van der Waals surface area contributed by atoms with Crippen LogP contribution in [-0.2, 0) is 9.59 Å². The maximum Gasteiger partial charge on any atom is 0.221 e. The summed E-state index contributed by atoms with van der Waals surface area (Å²) in [7, 11) is 0. The van der Waals surface area contributed by atoms with E-state index in [0.29, 0.717) is 12.3 Å². The molecule has 3 nitrogen and oxygen atoms in total. The molecule has 0 spiro atoms. The standard InChI is InChI=1S/C16H27NO2/c1-5-6-7-12(15(17)19)13(10-11-8-9-11)14(18)16(2,3)4/h5-6,11-13H,7-10H2,1-4H3,(H2,17,19)/b6-5+/t12-,13+/m0/s1. The molecule has 0 bridgehead atoms. The van der Waals surface area contributed by atoms with Gasteiger partial charge in [0, 0.05) is 11.3 Å². The molecule has 2 N–H and O–H groups in total. The molecule has 1 aliphatic carbocycles. The van der Waals surface area contributed by atoms with Gasteiger partial charge in [0.05, 0.1) is 5.92 Å². The number of ketones is 1. The summed E-state index contributed by atoms with van der Waals surface area (Å²) in [5, 5.41) is 0. The summed E-state index contributed by atoms with van der Waals surface area (Å²) in [5.41, 5.74) is 5.12. The number of nitrogens with two attached hydrogens (primary N) is 1. The lowest BCUT2D eigenvalue weighted by molar-refractivity contribution is -0.137. The summed E-state index contributed by atoms with van der Waals surface area (Å²) in [6.07, 6.45) is 7.61. The Kier molecular flexibility index (Phi) is 5.33. The molecule has 0 aromatic carbocycles. The summed E-state index contributed by atoms with van der Waals surface area (Å²) < 4.78 is 0. The number of Topliss-reactive ketones (excluding diaryl/α,β-unsaturated/α-hetero) is 1. The predicted octanol–water partition coefficient (Wildman–Crippen LogP) is 3.09. The van der Waals surface area contributed by atoms with Crippen LogP contribution in [0.1, 0.15) is 53.4 Å². The summed E-state index contributed by atoms with van der Waals surface area (Å²) in [5.74, 6) is -0.137. The van der Waals surface area contributed by atoms with Crippen molar-refractivity contribution in [1.82, 2.24) is 0 Å². The second-order valence-electron chi connectivity index (χ2n) is 6.71. The molecule has 0 aromatic heterocycles. The smallest absolute Gasteiger partial charge is 0.221 e. The molecule has 1 amide bonds. The first-order valence-electron chi connectivity index (χ1n) is 7.22. The summed E-state index contributed by atoms with van der Waals surface area (Å²) >= 11 is 0. The van der Waals surface area contributed by atoms with E-state index >= 15 is 0 Å². The number of carbonyl (C=O) groups excluding carboxylic acids is 2. The van der Waals surface area contributed by atoms with Gasteiger partial charge in [0.15, 0.2) is 0 Å². The molecule has 0 aliphatic heterocycles. The second kappa shape index (κ2) is 6.36. The van der Waals surface area contributed by atoms with Crippen LogP contribution in [0.5, 0.6) is 0 Å². The fourth-order valence-electron chi connectivity index (χ4n) is 2.48. The summed E-state index contributed by atoms with van der Waals surface area (Å²) in [6, 6.07) is 0. The lowest BCUT2D eigenvalue weighted by Gasteiger charge is -2.29. The highest BCUT2D eigenvalue weighted by atomic mass is 16.1. The van der Waals surface area contributed by atoms with E-state index in [1.807, 2.05) is 39.8 Å². The van der Waals surface area contributed by atoms with E-state index in [1.54, 1.807) is 0 Å². The fourth-order valence-corrected chi connectivity index (χ4v) is 2.48. The third kappa shape index (κ3) is 4.81. The number of hydrogen-bond acceptors (Lipinski definition) is 2. The van der Waals surface area contributed by atoms with Gasteiger partial charge in [-0.1, -0.05) is 45.8 Å². The number of rotatable bonds is 7. The number of allylic oxidation sites excluding steroid dienone is 2. The fraction of sp³-hybridized carbons (Fsp3) is 0.750. The van der Waals surface area contributed by atoms with Crippen LogP contribution in [0.15, 0.2) is 12.2 Å². The Morgan fingerprint density at radius 3 is 2.21 bits per heavy atom. The SMILES string of the molecule is C/C=C/C[C@H](C(N)=O)[C@@H](CC1CC1)C(=O)C(C)(C)C. The minimum absolute atomic E-state index is 0.174. The molecule has 1 aliphatic rings. The number of amides is 1. The van der Waals surface area contributed by atoms with E-state index in [2.05, 4.69) is 0 Å². The molecule has 1 saturated carbocycles. The van der Waals surface area contributed by atoms with Gasteiger partial charge < -0.3 is 5.73 Å². The van der Waals surface area contributed by atoms with Crippen LogP contribution in [0.3, 0.4) is 0 Å². The van der Waals surface area contributed by atoms with E-state index in [9.17, 15) is 9.59 Å². The van der Waals surface area contributed by atoms with Crippen LogP contribution >= 0.6 is 0 Å². The van der Waals surface area contributed by atoms with Crippen molar-refractivity contribution in [2.45, 2.75) is 53.4 Å². The Bertz CT molecular complexity index is 361. The summed E-state index contributed by atoms with van der Waals surface area (Å²) in [6.45, 7) is 7.67. The van der Waals surface area contributed by atoms with Crippen molar-refractivity contribution >= 4 is 11.7 Å². The zero-order chi connectivity index (χ0) is 14.6. The predicted molar refractivity (Wildman–Crippen MR) is 77.4 cm³/mol. The molecular formula is C16H27NO2. The third-order valence-corrected chi connectivity index (χ3v) is 3.84. The first-order valence-corrected chi connectivity index (χ1v) is 7.22. The Morgan fingerprint density at radius 1 is 1.26 bits per heavy atom. The Balaban J connectivity index is 2.90. The van der Waals surface area contributed by atoms with E-state index in [4.69, 9.17) is 5.73 Å². The normalized spacial score (nSPS) is 19.4. The van der Waals surface area contributed by atoms with E-state index < -0.39 is 5.41 Å². The van der Waals surface area contributed by atoms with Crippen LogP contribution in [-0.4, -0.2) is 11.7 Å². The third-order valence-electron chi connectivity index (χ3n) is 3.84. The summed E-state index contributed by atoms with van der Waals surface area (Å²) in [4.78, 5) is 24.3. The van der Waals surface area contributed by atoms with Gasteiger partial charge in [-0.3, -0.25) is 9.59 Å². The highest BCUT2D eigenvalue weighted by Crippen LogP contribution is 2.40. The highest BCUT2D eigenvalue weighted by Gasteiger charge is 2.40. The lowest BCUT2D eigenvalue weighted by atomic mass is 9.73. The molecule has 3 heteroatoms. The van der Waals surface area contributed by atoms with Crippen LogP contribution in [0, 0.1) is 23.2 Å². The van der Waals surface area contributed by atoms with Gasteiger partial charge >= 0.3 is 0 Å². The number of carbonyl (C=O) groups is 2. The Hall–Kier alpha value is -1.12. The van der Waals surface area contributed by atoms with Crippen molar-refractivity contribution in [1.29, 1.82) is 0 Å². The largest absolute Gasteiger partial charge is 0.369 e. The molecule has 1 fully saturated rings. The average Bonchev–Trinajstić information content (AvgIpc) is 3.09. The van der Waals surface area contributed by atoms with Gasteiger partial charge in [-0.05, 0) is 25.7 Å². The van der Waals surface area contributed by atoms with E-state index in [-0.39, 0.29) is 23.5 Å².